The number of phenols is 1. The number of benzene rings is 1. The Hall–Kier alpha value is -1.70. The van der Waals surface area contributed by atoms with Gasteiger partial charge in [-0.05, 0) is 36.1 Å². The summed E-state index contributed by atoms with van der Waals surface area (Å²) in [6.07, 6.45) is 8.61. The van der Waals surface area contributed by atoms with Crippen LogP contribution in [0, 0.1) is 0 Å². The summed E-state index contributed by atoms with van der Waals surface area (Å²) in [5.74, 6) is 0.147. The van der Waals surface area contributed by atoms with E-state index in [1.54, 1.807) is 12.1 Å². The average molecular weight is 187 g/mol. The zero-order chi connectivity index (χ0) is 9.97. The Morgan fingerprint density at radius 3 is 2.71 bits per heavy atom. The van der Waals surface area contributed by atoms with E-state index in [2.05, 4.69) is 18.2 Å². The molecule has 1 aliphatic carbocycles. The molecule has 0 fully saturated rings. The number of rotatable bonds is 1. The standard InChI is InChI=1S/C12H13NO/c13-11-8-10(6-7-12(11)14)9-4-2-1-3-5-9/h2,4-8,14H,1,3,13H2. The van der Waals surface area contributed by atoms with Crippen molar-refractivity contribution in [1.82, 2.24) is 0 Å². The average Bonchev–Trinajstić information content (AvgIpc) is 2.23. The van der Waals surface area contributed by atoms with Crippen molar-refractivity contribution in [3.8, 4) is 5.75 Å². The molecule has 0 atom stereocenters. The second kappa shape index (κ2) is 3.58. The van der Waals surface area contributed by atoms with Gasteiger partial charge in [-0.1, -0.05) is 24.3 Å². The van der Waals surface area contributed by atoms with E-state index in [1.165, 1.54) is 5.57 Å². The van der Waals surface area contributed by atoms with Crippen LogP contribution in [0.15, 0.2) is 36.4 Å². The number of anilines is 1. The van der Waals surface area contributed by atoms with Crippen molar-refractivity contribution < 1.29 is 5.11 Å². The second-order valence-electron chi connectivity index (χ2n) is 3.41. The Morgan fingerprint density at radius 2 is 2.07 bits per heavy atom. The number of aromatic hydroxyl groups is 1. The Morgan fingerprint density at radius 1 is 1.21 bits per heavy atom. The van der Waals surface area contributed by atoms with Gasteiger partial charge in [0.25, 0.3) is 0 Å². The van der Waals surface area contributed by atoms with E-state index < -0.39 is 0 Å². The predicted octanol–water partition coefficient (Wildman–Crippen LogP) is 2.71. The monoisotopic (exact) mass is 187 g/mol. The molecule has 0 aliphatic heterocycles. The molecule has 2 rings (SSSR count). The van der Waals surface area contributed by atoms with Crippen molar-refractivity contribution in [2.75, 3.05) is 5.73 Å². The highest BCUT2D eigenvalue weighted by Crippen LogP contribution is 2.27. The molecular weight excluding hydrogens is 174 g/mol. The van der Waals surface area contributed by atoms with Crippen LogP contribution in [0.3, 0.4) is 0 Å². The lowest BCUT2D eigenvalue weighted by molar-refractivity contribution is 0.478. The lowest BCUT2D eigenvalue weighted by atomic mass is 9.99. The van der Waals surface area contributed by atoms with Gasteiger partial charge >= 0.3 is 0 Å². The molecule has 0 amide bonds. The van der Waals surface area contributed by atoms with Crippen molar-refractivity contribution in [2.45, 2.75) is 12.8 Å². The fraction of sp³-hybridized carbons (Fsp3) is 0.167. The van der Waals surface area contributed by atoms with Crippen LogP contribution in [0.2, 0.25) is 0 Å². The number of nitrogens with two attached hydrogens (primary N) is 1. The van der Waals surface area contributed by atoms with E-state index >= 15 is 0 Å². The molecule has 1 aromatic carbocycles. The highest BCUT2D eigenvalue weighted by atomic mass is 16.3. The summed E-state index contributed by atoms with van der Waals surface area (Å²) in [4.78, 5) is 0. The van der Waals surface area contributed by atoms with Gasteiger partial charge in [0, 0.05) is 0 Å². The van der Waals surface area contributed by atoms with Gasteiger partial charge in [0.1, 0.15) is 5.75 Å². The van der Waals surface area contributed by atoms with E-state index in [1.807, 2.05) is 6.07 Å². The minimum absolute atomic E-state index is 0.147. The highest BCUT2D eigenvalue weighted by Gasteiger charge is 2.03. The third kappa shape index (κ3) is 1.64. The second-order valence-corrected chi connectivity index (χ2v) is 3.41. The van der Waals surface area contributed by atoms with Gasteiger partial charge in [0.15, 0.2) is 0 Å². The summed E-state index contributed by atoms with van der Waals surface area (Å²) in [5.41, 5.74) is 8.31. The van der Waals surface area contributed by atoms with E-state index in [0.717, 1.165) is 18.4 Å². The molecule has 0 spiro atoms. The van der Waals surface area contributed by atoms with E-state index in [0.29, 0.717) is 5.69 Å². The van der Waals surface area contributed by atoms with Crippen LogP contribution in [0.4, 0.5) is 5.69 Å². The first-order chi connectivity index (χ1) is 6.77. The number of nitrogen functional groups attached to an aromatic ring is 1. The maximum atomic E-state index is 9.28. The Bertz CT molecular complexity index is 405. The zero-order valence-corrected chi connectivity index (χ0v) is 7.90. The Kier molecular flexibility index (Phi) is 2.27. The summed E-state index contributed by atoms with van der Waals surface area (Å²) in [5, 5.41) is 9.28. The van der Waals surface area contributed by atoms with Crippen LogP contribution in [-0.4, -0.2) is 5.11 Å². The molecule has 1 aliphatic rings. The van der Waals surface area contributed by atoms with Gasteiger partial charge in [-0.3, -0.25) is 0 Å². The van der Waals surface area contributed by atoms with Crippen molar-refractivity contribution in [2.24, 2.45) is 0 Å². The van der Waals surface area contributed by atoms with Gasteiger partial charge in [-0.25, -0.2) is 0 Å². The zero-order valence-electron chi connectivity index (χ0n) is 7.90. The molecular formula is C12H13NO. The molecule has 3 N–H and O–H groups in total. The van der Waals surface area contributed by atoms with Gasteiger partial charge in [0.2, 0.25) is 0 Å². The minimum atomic E-state index is 0.147. The molecule has 14 heavy (non-hydrogen) atoms. The molecule has 0 bridgehead atoms. The fourth-order valence-electron chi connectivity index (χ4n) is 1.56. The maximum absolute atomic E-state index is 9.28. The van der Waals surface area contributed by atoms with Crippen LogP contribution in [0.1, 0.15) is 18.4 Å². The largest absolute Gasteiger partial charge is 0.506 e. The van der Waals surface area contributed by atoms with Crippen LogP contribution in [0.5, 0.6) is 5.75 Å². The molecule has 2 nitrogen and oxygen atoms in total. The molecule has 0 saturated carbocycles. The third-order valence-electron chi connectivity index (χ3n) is 2.36. The summed E-state index contributed by atoms with van der Waals surface area (Å²) < 4.78 is 0. The molecule has 0 heterocycles. The lowest BCUT2D eigenvalue weighted by Gasteiger charge is -2.08. The van der Waals surface area contributed by atoms with Crippen LogP contribution >= 0.6 is 0 Å². The summed E-state index contributed by atoms with van der Waals surface area (Å²) >= 11 is 0. The minimum Gasteiger partial charge on any atom is -0.506 e. The first-order valence-corrected chi connectivity index (χ1v) is 4.73. The first-order valence-electron chi connectivity index (χ1n) is 4.73. The number of allylic oxidation sites excluding steroid dienone is 4. The normalized spacial score (nSPS) is 15.3. The van der Waals surface area contributed by atoms with E-state index in [4.69, 9.17) is 5.73 Å². The molecule has 1 aromatic rings. The SMILES string of the molecule is Nc1cc(C2=CCCC=C2)ccc1O. The predicted molar refractivity (Wildman–Crippen MR) is 58.9 cm³/mol. The number of phenolic OH excluding ortho intramolecular Hbond substituents is 1. The topological polar surface area (TPSA) is 46.2 Å². The quantitative estimate of drug-likeness (QED) is 0.524. The van der Waals surface area contributed by atoms with Crippen LogP contribution < -0.4 is 5.73 Å². The third-order valence-corrected chi connectivity index (χ3v) is 2.36. The molecule has 2 heteroatoms. The fourth-order valence-corrected chi connectivity index (χ4v) is 1.56. The maximum Gasteiger partial charge on any atom is 0.138 e. The van der Waals surface area contributed by atoms with Crippen LogP contribution in [0.25, 0.3) is 5.57 Å². The number of hydrogen-bond acceptors (Lipinski definition) is 2. The van der Waals surface area contributed by atoms with E-state index in [9.17, 15) is 5.11 Å². The molecule has 0 saturated heterocycles. The molecule has 72 valence electrons. The van der Waals surface area contributed by atoms with Crippen molar-refractivity contribution >= 4 is 11.3 Å². The Labute approximate surface area is 83.4 Å². The summed E-state index contributed by atoms with van der Waals surface area (Å²) in [7, 11) is 0. The van der Waals surface area contributed by atoms with Gasteiger partial charge in [0.05, 0.1) is 5.69 Å². The van der Waals surface area contributed by atoms with Gasteiger partial charge in [-0.2, -0.15) is 0 Å². The van der Waals surface area contributed by atoms with Gasteiger partial charge in [-0.15, -0.1) is 0 Å². The van der Waals surface area contributed by atoms with Gasteiger partial charge < -0.3 is 10.8 Å². The van der Waals surface area contributed by atoms with Crippen molar-refractivity contribution in [1.29, 1.82) is 0 Å². The van der Waals surface area contributed by atoms with Crippen LogP contribution in [-0.2, 0) is 0 Å². The smallest absolute Gasteiger partial charge is 0.138 e. The lowest BCUT2D eigenvalue weighted by Crippen LogP contribution is -1.90. The first kappa shape index (κ1) is 8.88. The molecule has 0 aromatic heterocycles. The van der Waals surface area contributed by atoms with Crippen molar-refractivity contribution in [3.63, 3.8) is 0 Å². The van der Waals surface area contributed by atoms with Crippen molar-refractivity contribution in [3.05, 3.63) is 42.0 Å². The van der Waals surface area contributed by atoms with E-state index in [-0.39, 0.29) is 5.75 Å². The summed E-state index contributed by atoms with van der Waals surface area (Å²) in [6.45, 7) is 0. The molecule has 0 unspecified atom stereocenters. The Balaban J connectivity index is 2.37. The number of hydrogen-bond donors (Lipinski definition) is 2. The highest BCUT2D eigenvalue weighted by molar-refractivity contribution is 5.77. The molecule has 0 radical (unpaired) electrons. The summed E-state index contributed by atoms with van der Waals surface area (Å²) in [6, 6.07) is 5.32.